The molecule has 0 unspecified atom stereocenters. The predicted molar refractivity (Wildman–Crippen MR) is 87.8 cm³/mol. The van der Waals surface area contributed by atoms with E-state index in [1.165, 1.54) is 5.56 Å². The predicted octanol–water partition coefficient (Wildman–Crippen LogP) is 3.58. The molecule has 3 rings (SSSR count). The second-order valence-electron chi connectivity index (χ2n) is 5.47. The molecule has 0 bridgehead atoms. The second-order valence-corrected chi connectivity index (χ2v) is 5.84. The molecule has 0 radical (unpaired) electrons. The average Bonchev–Trinajstić information content (AvgIpc) is 2.56. The van der Waals surface area contributed by atoms with Crippen molar-refractivity contribution in [3.8, 4) is 0 Å². The quantitative estimate of drug-likeness (QED) is 0.942. The average molecular weight is 302 g/mol. The van der Waals surface area contributed by atoms with E-state index in [0.717, 1.165) is 37.3 Å². The zero-order valence-electron chi connectivity index (χ0n) is 12.0. The van der Waals surface area contributed by atoms with Gasteiger partial charge in [0.05, 0.1) is 16.4 Å². The van der Waals surface area contributed by atoms with E-state index in [1.54, 1.807) is 6.20 Å². The van der Waals surface area contributed by atoms with Gasteiger partial charge in [0, 0.05) is 25.8 Å². The second kappa shape index (κ2) is 6.46. The molecule has 1 aromatic heterocycles. The summed E-state index contributed by atoms with van der Waals surface area (Å²) in [5.41, 5.74) is 8.97. The Balaban J connectivity index is 1.72. The molecule has 1 aliphatic heterocycles. The molecule has 2 N–H and O–H groups in total. The Labute approximate surface area is 130 Å². The number of hydrogen-bond acceptors (Lipinski definition) is 3. The molecule has 2 aromatic rings. The smallest absolute Gasteiger partial charge is 0.0868 e. The third kappa shape index (κ3) is 3.04. The Morgan fingerprint density at radius 3 is 2.52 bits per heavy atom. The van der Waals surface area contributed by atoms with Crippen LogP contribution in [0, 0.1) is 0 Å². The molecule has 21 heavy (non-hydrogen) atoms. The lowest BCUT2D eigenvalue weighted by atomic mass is 9.89. The summed E-state index contributed by atoms with van der Waals surface area (Å²) in [6, 6.07) is 12.8. The number of nitrogens with zero attached hydrogens (tertiary/aromatic N) is 2. The molecule has 110 valence electrons. The topological polar surface area (TPSA) is 42.1 Å². The molecule has 0 amide bonds. The van der Waals surface area contributed by atoms with Gasteiger partial charge in [-0.15, -0.1) is 0 Å². The first-order valence-corrected chi connectivity index (χ1v) is 7.80. The van der Waals surface area contributed by atoms with Gasteiger partial charge in [-0.1, -0.05) is 41.9 Å². The van der Waals surface area contributed by atoms with E-state index in [1.807, 2.05) is 6.07 Å². The van der Waals surface area contributed by atoms with Crippen LogP contribution < -0.4 is 10.6 Å². The lowest BCUT2D eigenvalue weighted by Crippen LogP contribution is -2.33. The number of aromatic nitrogens is 1. The molecule has 0 atom stereocenters. The van der Waals surface area contributed by atoms with E-state index in [0.29, 0.717) is 17.5 Å². The molecule has 1 aliphatic rings. The summed E-state index contributed by atoms with van der Waals surface area (Å²) in [7, 11) is 0. The van der Waals surface area contributed by atoms with Gasteiger partial charge in [-0.25, -0.2) is 0 Å². The summed E-state index contributed by atoms with van der Waals surface area (Å²) >= 11 is 6.41. The van der Waals surface area contributed by atoms with Crippen molar-refractivity contribution in [3.63, 3.8) is 0 Å². The lowest BCUT2D eigenvalue weighted by molar-refractivity contribution is 0.505. The Morgan fingerprint density at radius 1 is 1.14 bits per heavy atom. The maximum absolute atomic E-state index is 6.41. The van der Waals surface area contributed by atoms with Gasteiger partial charge in [0.1, 0.15) is 0 Å². The number of nitrogens with two attached hydrogens (primary N) is 1. The van der Waals surface area contributed by atoms with E-state index < -0.39 is 0 Å². The summed E-state index contributed by atoms with van der Waals surface area (Å²) in [5, 5.41) is 0.707. The summed E-state index contributed by atoms with van der Waals surface area (Å²) in [6.07, 6.45) is 4.11. The van der Waals surface area contributed by atoms with Gasteiger partial charge < -0.3 is 10.6 Å². The monoisotopic (exact) mass is 301 g/mol. The fourth-order valence-corrected chi connectivity index (χ4v) is 3.35. The van der Waals surface area contributed by atoms with Gasteiger partial charge in [-0.05, 0) is 30.4 Å². The lowest BCUT2D eigenvalue weighted by Gasteiger charge is -2.34. The molecule has 1 aromatic carbocycles. The first-order valence-electron chi connectivity index (χ1n) is 7.43. The Morgan fingerprint density at radius 2 is 1.86 bits per heavy atom. The summed E-state index contributed by atoms with van der Waals surface area (Å²) < 4.78 is 0. The number of hydrogen-bond donors (Lipinski definition) is 1. The van der Waals surface area contributed by atoms with E-state index in [2.05, 4.69) is 40.2 Å². The fourth-order valence-electron chi connectivity index (χ4n) is 3.04. The van der Waals surface area contributed by atoms with Crippen LogP contribution in [0.3, 0.4) is 0 Å². The van der Waals surface area contributed by atoms with Crippen molar-refractivity contribution in [2.75, 3.05) is 18.0 Å². The number of anilines is 1. The molecule has 1 fully saturated rings. The van der Waals surface area contributed by atoms with Crippen molar-refractivity contribution in [2.45, 2.75) is 25.3 Å². The number of halogens is 1. The number of rotatable bonds is 3. The molecule has 4 heteroatoms. The zero-order chi connectivity index (χ0) is 14.7. The highest BCUT2D eigenvalue weighted by Crippen LogP contribution is 2.34. The van der Waals surface area contributed by atoms with Crippen molar-refractivity contribution >= 4 is 17.3 Å². The highest BCUT2D eigenvalue weighted by molar-refractivity contribution is 6.33. The van der Waals surface area contributed by atoms with E-state index in [4.69, 9.17) is 17.3 Å². The van der Waals surface area contributed by atoms with Crippen molar-refractivity contribution in [1.82, 2.24) is 4.98 Å². The molecule has 0 saturated carbocycles. The highest BCUT2D eigenvalue weighted by atomic mass is 35.5. The summed E-state index contributed by atoms with van der Waals surface area (Å²) in [6.45, 7) is 2.42. The first-order chi connectivity index (χ1) is 10.3. The van der Waals surface area contributed by atoms with E-state index in [9.17, 15) is 0 Å². The van der Waals surface area contributed by atoms with Crippen LogP contribution in [0.15, 0.2) is 42.6 Å². The first kappa shape index (κ1) is 14.4. The zero-order valence-corrected chi connectivity index (χ0v) is 12.8. The van der Waals surface area contributed by atoms with Crippen molar-refractivity contribution in [1.29, 1.82) is 0 Å². The minimum atomic E-state index is 0.382. The van der Waals surface area contributed by atoms with E-state index >= 15 is 0 Å². The third-order valence-electron chi connectivity index (χ3n) is 4.24. The molecule has 0 spiro atoms. The van der Waals surface area contributed by atoms with Crippen LogP contribution in [0.1, 0.15) is 30.0 Å². The van der Waals surface area contributed by atoms with Gasteiger partial charge in [-0.3, -0.25) is 4.98 Å². The molecule has 0 aliphatic carbocycles. The number of pyridine rings is 1. The number of piperidine rings is 1. The normalized spacial score (nSPS) is 16.2. The Bertz CT molecular complexity index is 592. The summed E-state index contributed by atoms with van der Waals surface area (Å²) in [5.74, 6) is 0.650. The van der Waals surface area contributed by atoms with Crippen LogP contribution in [-0.2, 0) is 6.54 Å². The van der Waals surface area contributed by atoms with Crippen LogP contribution in [-0.4, -0.2) is 18.1 Å². The minimum absolute atomic E-state index is 0.382. The van der Waals surface area contributed by atoms with Crippen LogP contribution in [0.4, 0.5) is 5.69 Å². The Hall–Kier alpha value is -1.58. The van der Waals surface area contributed by atoms with Crippen molar-refractivity contribution in [3.05, 3.63) is 58.9 Å². The molecule has 3 nitrogen and oxygen atoms in total. The highest BCUT2D eigenvalue weighted by Gasteiger charge is 2.22. The maximum Gasteiger partial charge on any atom is 0.0868 e. The third-order valence-corrected chi connectivity index (χ3v) is 4.65. The van der Waals surface area contributed by atoms with Crippen molar-refractivity contribution < 1.29 is 0 Å². The van der Waals surface area contributed by atoms with Crippen LogP contribution in [0.5, 0.6) is 0 Å². The Kier molecular flexibility index (Phi) is 4.42. The van der Waals surface area contributed by atoms with Gasteiger partial charge in [0.2, 0.25) is 0 Å². The van der Waals surface area contributed by atoms with Gasteiger partial charge in [0.15, 0.2) is 0 Å². The van der Waals surface area contributed by atoms with Crippen LogP contribution >= 0.6 is 11.6 Å². The van der Waals surface area contributed by atoms with Crippen LogP contribution in [0.25, 0.3) is 0 Å². The fraction of sp³-hybridized carbons (Fsp3) is 0.353. The van der Waals surface area contributed by atoms with Crippen LogP contribution in [0.2, 0.25) is 5.02 Å². The molecular formula is C17H20ClN3. The molecule has 1 saturated heterocycles. The number of benzene rings is 1. The largest absolute Gasteiger partial charge is 0.370 e. The summed E-state index contributed by atoms with van der Waals surface area (Å²) in [4.78, 5) is 6.58. The maximum atomic E-state index is 6.41. The minimum Gasteiger partial charge on any atom is -0.370 e. The van der Waals surface area contributed by atoms with E-state index in [-0.39, 0.29) is 0 Å². The standard InChI is InChI=1S/C17H20ClN3/c18-17-15(12-19)20-9-6-16(17)21-10-7-14(8-11-21)13-4-2-1-3-5-13/h1-6,9,14H,7-8,10-12,19H2. The molecular weight excluding hydrogens is 282 g/mol. The van der Waals surface area contributed by atoms with Gasteiger partial charge in [-0.2, -0.15) is 0 Å². The molecule has 2 heterocycles. The van der Waals surface area contributed by atoms with Gasteiger partial charge in [0.25, 0.3) is 0 Å². The van der Waals surface area contributed by atoms with Crippen molar-refractivity contribution in [2.24, 2.45) is 5.73 Å². The van der Waals surface area contributed by atoms with Gasteiger partial charge >= 0.3 is 0 Å². The SMILES string of the molecule is NCc1nccc(N2CCC(c3ccccc3)CC2)c1Cl.